The van der Waals surface area contributed by atoms with Crippen LogP contribution in [0.3, 0.4) is 0 Å². The minimum absolute atomic E-state index is 0.0260. The summed E-state index contributed by atoms with van der Waals surface area (Å²) in [4.78, 5) is 24.4. The van der Waals surface area contributed by atoms with E-state index in [0.29, 0.717) is 6.54 Å². The van der Waals surface area contributed by atoms with E-state index in [9.17, 15) is 9.59 Å². The van der Waals surface area contributed by atoms with Gasteiger partial charge in [-0.2, -0.15) is 5.10 Å². The highest BCUT2D eigenvalue weighted by molar-refractivity contribution is 5.74. The van der Waals surface area contributed by atoms with Gasteiger partial charge in [0.15, 0.2) is 0 Å². The molecule has 0 aliphatic heterocycles. The van der Waals surface area contributed by atoms with Crippen LogP contribution in [0.4, 0.5) is 0 Å². The van der Waals surface area contributed by atoms with Crippen molar-refractivity contribution in [3.05, 3.63) is 17.5 Å². The minimum Gasteiger partial charge on any atom is -0.468 e. The van der Waals surface area contributed by atoms with Gasteiger partial charge in [-0.15, -0.1) is 0 Å². The van der Waals surface area contributed by atoms with Gasteiger partial charge < -0.3 is 9.47 Å². The third-order valence-corrected chi connectivity index (χ3v) is 2.94. The van der Waals surface area contributed by atoms with E-state index in [4.69, 9.17) is 0 Å². The Morgan fingerprint density at radius 3 is 2.20 bits per heavy atom. The number of nitrogens with zero attached hydrogens (tertiary/aromatic N) is 3. The quantitative estimate of drug-likeness (QED) is 0.662. The van der Waals surface area contributed by atoms with Gasteiger partial charge in [0.05, 0.1) is 38.7 Å². The number of hydrogen-bond donors (Lipinski definition) is 0. The number of aryl methyl sites for hydroxylation is 2. The Kier molecular flexibility index (Phi) is 6.17. The molecule has 0 spiro atoms. The van der Waals surface area contributed by atoms with E-state index >= 15 is 0 Å². The first-order valence-electron chi connectivity index (χ1n) is 6.37. The summed E-state index contributed by atoms with van der Waals surface area (Å²) in [5.41, 5.74) is 1.90. The Morgan fingerprint density at radius 2 is 1.80 bits per heavy atom. The van der Waals surface area contributed by atoms with E-state index in [1.165, 1.54) is 14.2 Å². The Bertz CT molecular complexity index is 452. The zero-order chi connectivity index (χ0) is 15.1. The third-order valence-electron chi connectivity index (χ3n) is 2.94. The van der Waals surface area contributed by atoms with Crippen molar-refractivity contribution in [2.45, 2.75) is 19.9 Å². The van der Waals surface area contributed by atoms with Gasteiger partial charge in [0.25, 0.3) is 0 Å². The van der Waals surface area contributed by atoms with Gasteiger partial charge in [0.1, 0.15) is 0 Å². The molecule has 112 valence electrons. The second-order valence-electron chi connectivity index (χ2n) is 4.40. The lowest BCUT2D eigenvalue weighted by molar-refractivity contribution is -0.145. The normalized spacial score (nSPS) is 10.7. The number of hydrogen-bond acceptors (Lipinski definition) is 6. The predicted molar refractivity (Wildman–Crippen MR) is 71.9 cm³/mol. The molecule has 1 heterocycles. The molecule has 0 atom stereocenters. The van der Waals surface area contributed by atoms with Gasteiger partial charge in [-0.25, -0.2) is 0 Å². The first-order valence-corrected chi connectivity index (χ1v) is 6.37. The maximum Gasteiger partial charge on any atom is 0.319 e. The van der Waals surface area contributed by atoms with Crippen LogP contribution in [0.25, 0.3) is 0 Å². The van der Waals surface area contributed by atoms with Crippen LogP contribution in [-0.2, 0) is 39.1 Å². The zero-order valence-electron chi connectivity index (χ0n) is 12.4. The molecule has 0 aliphatic carbocycles. The molecule has 0 radical (unpaired) electrons. The predicted octanol–water partition coefficient (Wildman–Crippen LogP) is 0.131. The summed E-state index contributed by atoms with van der Waals surface area (Å²) >= 11 is 0. The van der Waals surface area contributed by atoms with E-state index in [2.05, 4.69) is 14.6 Å². The number of methoxy groups -OCH3 is 2. The van der Waals surface area contributed by atoms with E-state index in [1.807, 2.05) is 20.0 Å². The van der Waals surface area contributed by atoms with Crippen molar-refractivity contribution >= 4 is 11.9 Å². The summed E-state index contributed by atoms with van der Waals surface area (Å²) in [6.45, 7) is 2.50. The summed E-state index contributed by atoms with van der Waals surface area (Å²) in [6, 6.07) is 1.96. The Balaban J connectivity index is 2.78. The molecule has 0 unspecified atom stereocenters. The van der Waals surface area contributed by atoms with E-state index in [0.717, 1.165) is 17.8 Å². The smallest absolute Gasteiger partial charge is 0.319 e. The number of esters is 2. The maximum atomic E-state index is 11.4. The molecule has 0 fully saturated rings. The second-order valence-corrected chi connectivity index (χ2v) is 4.40. The van der Waals surface area contributed by atoms with Crippen molar-refractivity contribution in [3.8, 4) is 0 Å². The van der Waals surface area contributed by atoms with Gasteiger partial charge in [-0.3, -0.25) is 19.2 Å². The summed E-state index contributed by atoms with van der Waals surface area (Å²) in [5, 5.41) is 4.34. The fourth-order valence-corrected chi connectivity index (χ4v) is 1.78. The zero-order valence-corrected chi connectivity index (χ0v) is 12.4. The van der Waals surface area contributed by atoms with Gasteiger partial charge in [-0.1, -0.05) is 6.92 Å². The number of carbonyl (C=O) groups is 2. The lowest BCUT2D eigenvalue weighted by atomic mass is 10.3. The number of carbonyl (C=O) groups excluding carboxylic acids is 2. The van der Waals surface area contributed by atoms with E-state index in [1.54, 1.807) is 9.58 Å². The van der Waals surface area contributed by atoms with Crippen LogP contribution >= 0.6 is 0 Å². The van der Waals surface area contributed by atoms with Crippen molar-refractivity contribution in [1.29, 1.82) is 0 Å². The lowest BCUT2D eigenvalue weighted by Gasteiger charge is -2.19. The molecule has 1 aromatic rings. The van der Waals surface area contributed by atoms with Crippen LogP contribution < -0.4 is 0 Å². The second kappa shape index (κ2) is 7.64. The van der Waals surface area contributed by atoms with Crippen LogP contribution in [0.5, 0.6) is 0 Å². The molecule has 0 N–H and O–H groups in total. The molecule has 20 heavy (non-hydrogen) atoms. The number of rotatable bonds is 7. The lowest BCUT2D eigenvalue weighted by Crippen LogP contribution is -2.35. The Labute approximate surface area is 118 Å². The minimum atomic E-state index is -0.396. The molecule has 0 bridgehead atoms. The standard InChI is InChI=1S/C13H21N3O4/c1-5-10-6-11(15(2)14-10)7-16(8-12(17)19-3)9-13(18)20-4/h6H,5,7-9H2,1-4H3. The molecule has 0 aromatic carbocycles. The van der Waals surface area contributed by atoms with Gasteiger partial charge in [0.2, 0.25) is 0 Å². The Morgan fingerprint density at radius 1 is 1.25 bits per heavy atom. The van der Waals surface area contributed by atoms with Crippen LogP contribution in [0.1, 0.15) is 18.3 Å². The maximum absolute atomic E-state index is 11.4. The monoisotopic (exact) mass is 283 g/mol. The molecular formula is C13H21N3O4. The van der Waals surface area contributed by atoms with Gasteiger partial charge in [-0.05, 0) is 12.5 Å². The largest absolute Gasteiger partial charge is 0.468 e. The molecular weight excluding hydrogens is 262 g/mol. The summed E-state index contributed by atoms with van der Waals surface area (Å²) in [6.07, 6.45) is 0.835. The highest BCUT2D eigenvalue weighted by atomic mass is 16.5. The first kappa shape index (κ1) is 16.2. The molecule has 7 nitrogen and oxygen atoms in total. The van der Waals surface area contributed by atoms with E-state index in [-0.39, 0.29) is 13.1 Å². The van der Waals surface area contributed by atoms with Crippen LogP contribution in [0.15, 0.2) is 6.07 Å². The van der Waals surface area contributed by atoms with Crippen molar-refractivity contribution in [2.75, 3.05) is 27.3 Å². The van der Waals surface area contributed by atoms with Crippen LogP contribution in [-0.4, -0.2) is 53.9 Å². The summed E-state index contributed by atoms with van der Waals surface area (Å²) in [7, 11) is 4.47. The van der Waals surface area contributed by atoms with Crippen molar-refractivity contribution < 1.29 is 19.1 Å². The molecule has 7 heteroatoms. The number of ether oxygens (including phenoxy) is 2. The Hall–Kier alpha value is -1.89. The molecule has 0 amide bonds. The summed E-state index contributed by atoms with van der Waals surface area (Å²) in [5.74, 6) is -0.793. The van der Waals surface area contributed by atoms with Crippen molar-refractivity contribution in [3.63, 3.8) is 0 Å². The number of aromatic nitrogens is 2. The molecule has 0 saturated carbocycles. The molecule has 1 rings (SSSR count). The van der Waals surface area contributed by atoms with Gasteiger partial charge in [0, 0.05) is 13.6 Å². The fraction of sp³-hybridized carbons (Fsp3) is 0.615. The first-order chi connectivity index (χ1) is 9.49. The summed E-state index contributed by atoms with van der Waals surface area (Å²) < 4.78 is 11.0. The average Bonchev–Trinajstić information content (AvgIpc) is 2.78. The fourth-order valence-electron chi connectivity index (χ4n) is 1.78. The van der Waals surface area contributed by atoms with Gasteiger partial charge >= 0.3 is 11.9 Å². The van der Waals surface area contributed by atoms with Crippen LogP contribution in [0.2, 0.25) is 0 Å². The molecule has 0 saturated heterocycles. The SMILES string of the molecule is CCc1cc(CN(CC(=O)OC)CC(=O)OC)n(C)n1. The molecule has 1 aromatic heterocycles. The topological polar surface area (TPSA) is 73.7 Å². The average molecular weight is 283 g/mol. The molecule has 0 aliphatic rings. The highest BCUT2D eigenvalue weighted by Gasteiger charge is 2.17. The third kappa shape index (κ3) is 4.65. The van der Waals surface area contributed by atoms with Crippen molar-refractivity contribution in [1.82, 2.24) is 14.7 Å². The van der Waals surface area contributed by atoms with Crippen molar-refractivity contribution in [2.24, 2.45) is 7.05 Å². The van der Waals surface area contributed by atoms with E-state index < -0.39 is 11.9 Å². The highest BCUT2D eigenvalue weighted by Crippen LogP contribution is 2.08. The van der Waals surface area contributed by atoms with Crippen LogP contribution in [0, 0.1) is 0 Å².